The topological polar surface area (TPSA) is 93.1 Å². The van der Waals surface area contributed by atoms with Crippen LogP contribution in [0.15, 0.2) is 59.5 Å². The third kappa shape index (κ3) is 5.45. The Labute approximate surface area is 170 Å². The van der Waals surface area contributed by atoms with E-state index in [4.69, 9.17) is 0 Å². The lowest BCUT2D eigenvalue weighted by Crippen LogP contribution is -2.16. The second kappa shape index (κ2) is 8.48. The Morgan fingerprint density at radius 2 is 1.59 bits per heavy atom. The monoisotopic (exact) mass is 412 g/mol. The van der Waals surface area contributed by atoms with Gasteiger partial charge in [-0.2, -0.15) is 5.10 Å². The Balaban J connectivity index is 1.57. The van der Waals surface area contributed by atoms with Crippen LogP contribution in [0, 0.1) is 20.8 Å². The lowest BCUT2D eigenvalue weighted by atomic mass is 10.2. The van der Waals surface area contributed by atoms with Crippen LogP contribution in [0.4, 0.5) is 11.4 Å². The number of aromatic nitrogens is 2. The maximum absolute atomic E-state index is 12.4. The Hall–Kier alpha value is -3.13. The zero-order valence-electron chi connectivity index (χ0n) is 16.6. The molecule has 152 valence electrons. The molecule has 0 radical (unpaired) electrons. The minimum atomic E-state index is -3.65. The van der Waals surface area contributed by atoms with Crippen LogP contribution in [0.5, 0.6) is 0 Å². The van der Waals surface area contributed by atoms with E-state index in [2.05, 4.69) is 15.1 Å². The van der Waals surface area contributed by atoms with Crippen molar-refractivity contribution in [2.45, 2.75) is 38.6 Å². The summed E-state index contributed by atoms with van der Waals surface area (Å²) in [5.74, 6) is -0.134. The van der Waals surface area contributed by atoms with Crippen molar-refractivity contribution in [2.75, 3.05) is 10.0 Å². The molecule has 0 unspecified atom stereocenters. The predicted molar refractivity (Wildman–Crippen MR) is 113 cm³/mol. The zero-order valence-corrected chi connectivity index (χ0v) is 17.5. The highest BCUT2D eigenvalue weighted by molar-refractivity contribution is 7.92. The molecule has 0 aliphatic carbocycles. The van der Waals surface area contributed by atoms with Gasteiger partial charge in [0.2, 0.25) is 5.91 Å². The minimum Gasteiger partial charge on any atom is -0.326 e. The van der Waals surface area contributed by atoms with Crippen molar-refractivity contribution in [3.8, 4) is 0 Å². The first-order valence-corrected chi connectivity index (χ1v) is 10.7. The molecule has 0 atom stereocenters. The number of benzene rings is 2. The molecule has 2 N–H and O–H groups in total. The molecule has 3 aromatic rings. The number of hydrogen-bond donors (Lipinski definition) is 2. The van der Waals surface area contributed by atoms with Crippen molar-refractivity contribution in [3.05, 3.63) is 71.5 Å². The largest absolute Gasteiger partial charge is 0.326 e. The van der Waals surface area contributed by atoms with E-state index in [0.29, 0.717) is 24.3 Å². The highest BCUT2D eigenvalue weighted by Gasteiger charge is 2.14. The molecule has 3 rings (SSSR count). The fraction of sp³-hybridized carbons (Fsp3) is 0.238. The summed E-state index contributed by atoms with van der Waals surface area (Å²) in [4.78, 5) is 12.4. The first kappa shape index (κ1) is 20.6. The molecular formula is C21H24N4O3S. The van der Waals surface area contributed by atoms with Crippen molar-refractivity contribution < 1.29 is 13.2 Å². The molecule has 7 nitrogen and oxygen atoms in total. The van der Waals surface area contributed by atoms with Crippen LogP contribution in [0.1, 0.15) is 23.4 Å². The number of anilines is 2. The van der Waals surface area contributed by atoms with Gasteiger partial charge in [0.1, 0.15) is 0 Å². The summed E-state index contributed by atoms with van der Waals surface area (Å²) in [6, 6.07) is 15.1. The van der Waals surface area contributed by atoms with Crippen molar-refractivity contribution >= 4 is 27.3 Å². The maximum atomic E-state index is 12.4. The first-order chi connectivity index (χ1) is 13.7. The van der Waals surface area contributed by atoms with Crippen LogP contribution >= 0.6 is 0 Å². The minimum absolute atomic E-state index is 0.134. The number of nitrogens with zero attached hydrogens (tertiary/aromatic N) is 2. The molecular weight excluding hydrogens is 388 g/mol. The Bertz CT molecular complexity index is 1100. The van der Waals surface area contributed by atoms with Gasteiger partial charge >= 0.3 is 0 Å². The molecule has 0 aliphatic rings. The van der Waals surface area contributed by atoms with E-state index < -0.39 is 10.0 Å². The van der Waals surface area contributed by atoms with Crippen molar-refractivity contribution in [1.29, 1.82) is 0 Å². The van der Waals surface area contributed by atoms with E-state index >= 15 is 0 Å². The average Bonchev–Trinajstić information content (AvgIpc) is 2.99. The van der Waals surface area contributed by atoms with Crippen LogP contribution in [-0.2, 0) is 21.4 Å². The summed E-state index contributed by atoms with van der Waals surface area (Å²) in [5, 5.41) is 7.15. The Morgan fingerprint density at radius 1 is 0.966 bits per heavy atom. The van der Waals surface area contributed by atoms with Gasteiger partial charge < -0.3 is 5.32 Å². The summed E-state index contributed by atoms with van der Waals surface area (Å²) in [5.41, 5.74) is 3.95. The van der Waals surface area contributed by atoms with Crippen LogP contribution in [0.2, 0.25) is 0 Å². The standard InChI is InChI=1S/C21H24N4O3S/c1-15-4-10-20(11-5-15)29(27,28)24-19-8-6-18(7-9-19)22-21(26)12-13-25-17(3)14-16(2)23-25/h4-11,14,24H,12-13H2,1-3H3,(H,22,26). The molecule has 0 saturated heterocycles. The molecule has 0 fully saturated rings. The number of hydrogen-bond acceptors (Lipinski definition) is 4. The maximum Gasteiger partial charge on any atom is 0.261 e. The highest BCUT2D eigenvalue weighted by atomic mass is 32.2. The summed E-state index contributed by atoms with van der Waals surface area (Å²) in [6.07, 6.45) is 0.295. The van der Waals surface area contributed by atoms with Gasteiger partial charge in [0.15, 0.2) is 0 Å². The normalized spacial score (nSPS) is 11.3. The van der Waals surface area contributed by atoms with Crippen LogP contribution < -0.4 is 10.0 Å². The van der Waals surface area contributed by atoms with Gasteiger partial charge in [-0.3, -0.25) is 14.2 Å². The van der Waals surface area contributed by atoms with Crippen LogP contribution in [0.3, 0.4) is 0 Å². The molecule has 0 spiro atoms. The number of nitrogens with one attached hydrogen (secondary N) is 2. The van der Waals surface area contributed by atoms with Gasteiger partial charge in [0.25, 0.3) is 10.0 Å². The fourth-order valence-corrected chi connectivity index (χ4v) is 3.94. The Kier molecular flexibility index (Phi) is 6.03. The van der Waals surface area contributed by atoms with Gasteiger partial charge in [-0.15, -0.1) is 0 Å². The number of rotatable bonds is 7. The predicted octanol–water partition coefficient (Wildman–Crippen LogP) is 3.64. The van der Waals surface area contributed by atoms with E-state index in [1.807, 2.05) is 26.8 Å². The highest BCUT2D eigenvalue weighted by Crippen LogP contribution is 2.19. The average molecular weight is 413 g/mol. The number of carbonyl (C=O) groups excluding carboxylic acids is 1. The lowest BCUT2D eigenvalue weighted by molar-refractivity contribution is -0.116. The number of amides is 1. The summed E-state index contributed by atoms with van der Waals surface area (Å²) in [7, 11) is -3.65. The fourth-order valence-electron chi connectivity index (χ4n) is 2.89. The van der Waals surface area contributed by atoms with Crippen LogP contribution in [-0.4, -0.2) is 24.1 Å². The van der Waals surface area contributed by atoms with E-state index in [0.717, 1.165) is 17.0 Å². The van der Waals surface area contributed by atoms with E-state index in [1.165, 1.54) is 0 Å². The second-order valence-corrected chi connectivity index (χ2v) is 8.63. The molecule has 1 heterocycles. The molecule has 1 aromatic heterocycles. The molecule has 0 aliphatic heterocycles. The lowest BCUT2D eigenvalue weighted by Gasteiger charge is -2.10. The first-order valence-electron chi connectivity index (χ1n) is 9.23. The van der Waals surface area contributed by atoms with Gasteiger partial charge in [0, 0.05) is 30.0 Å². The quantitative estimate of drug-likeness (QED) is 0.620. The van der Waals surface area contributed by atoms with E-state index in [1.54, 1.807) is 53.2 Å². The molecule has 29 heavy (non-hydrogen) atoms. The number of sulfonamides is 1. The van der Waals surface area contributed by atoms with Gasteiger partial charge in [-0.05, 0) is 63.2 Å². The van der Waals surface area contributed by atoms with E-state index in [-0.39, 0.29) is 10.8 Å². The second-order valence-electron chi connectivity index (χ2n) is 6.94. The smallest absolute Gasteiger partial charge is 0.261 e. The SMILES string of the molecule is Cc1ccc(S(=O)(=O)Nc2ccc(NC(=O)CCn3nc(C)cc3C)cc2)cc1. The van der Waals surface area contributed by atoms with Gasteiger partial charge in [0.05, 0.1) is 10.6 Å². The van der Waals surface area contributed by atoms with Crippen molar-refractivity contribution in [3.63, 3.8) is 0 Å². The zero-order chi connectivity index (χ0) is 21.0. The van der Waals surface area contributed by atoms with Gasteiger partial charge in [-0.25, -0.2) is 8.42 Å². The molecule has 8 heteroatoms. The van der Waals surface area contributed by atoms with E-state index in [9.17, 15) is 13.2 Å². The molecule has 0 bridgehead atoms. The van der Waals surface area contributed by atoms with Crippen molar-refractivity contribution in [1.82, 2.24) is 9.78 Å². The number of carbonyl (C=O) groups is 1. The van der Waals surface area contributed by atoms with Crippen molar-refractivity contribution in [2.24, 2.45) is 0 Å². The number of aryl methyl sites for hydroxylation is 4. The molecule has 2 aromatic carbocycles. The summed E-state index contributed by atoms with van der Waals surface area (Å²) in [6.45, 7) is 6.26. The Morgan fingerprint density at radius 3 is 2.17 bits per heavy atom. The molecule has 1 amide bonds. The third-order valence-electron chi connectivity index (χ3n) is 4.41. The molecule has 0 saturated carbocycles. The van der Waals surface area contributed by atoms with Crippen LogP contribution in [0.25, 0.3) is 0 Å². The van der Waals surface area contributed by atoms with Gasteiger partial charge in [-0.1, -0.05) is 17.7 Å². The summed E-state index contributed by atoms with van der Waals surface area (Å²) < 4.78 is 29.2. The third-order valence-corrected chi connectivity index (χ3v) is 5.80. The summed E-state index contributed by atoms with van der Waals surface area (Å²) >= 11 is 0.